The number of hydrogen-bond acceptors (Lipinski definition) is 5. The van der Waals surface area contributed by atoms with E-state index < -0.39 is 6.29 Å². The third-order valence-corrected chi connectivity index (χ3v) is 4.51. The molecule has 1 aromatic carbocycles. The van der Waals surface area contributed by atoms with Crippen molar-refractivity contribution in [1.82, 2.24) is 0 Å². The Hall–Kier alpha value is -1.30. The molecular formula is C20H32O5. The van der Waals surface area contributed by atoms with Crippen LogP contribution in [0, 0.1) is 5.92 Å². The van der Waals surface area contributed by atoms with E-state index in [9.17, 15) is 5.11 Å². The normalized spacial score (nSPS) is 21.4. The van der Waals surface area contributed by atoms with Crippen LogP contribution in [-0.4, -0.2) is 37.6 Å². The first kappa shape index (κ1) is 20.0. The number of aromatic hydroxyl groups is 1. The van der Waals surface area contributed by atoms with Crippen LogP contribution >= 0.6 is 0 Å². The molecule has 25 heavy (non-hydrogen) atoms. The van der Waals surface area contributed by atoms with E-state index in [4.69, 9.17) is 18.9 Å². The number of phenolic OH excluding ortho intramolecular Hbond substituents is 1. The van der Waals surface area contributed by atoms with Gasteiger partial charge in [0.1, 0.15) is 6.10 Å². The molecule has 2 rings (SSSR count). The molecule has 0 aromatic heterocycles. The summed E-state index contributed by atoms with van der Waals surface area (Å²) in [5.74, 6) is 1.21. The molecule has 3 unspecified atom stereocenters. The van der Waals surface area contributed by atoms with Crippen molar-refractivity contribution < 1.29 is 24.1 Å². The van der Waals surface area contributed by atoms with E-state index in [1.54, 1.807) is 18.2 Å². The molecule has 1 aliphatic rings. The van der Waals surface area contributed by atoms with Gasteiger partial charge in [0.2, 0.25) is 0 Å². The van der Waals surface area contributed by atoms with Crippen LogP contribution in [0.15, 0.2) is 18.2 Å². The van der Waals surface area contributed by atoms with Gasteiger partial charge in [-0.15, -0.1) is 0 Å². The molecule has 0 aliphatic carbocycles. The van der Waals surface area contributed by atoms with Gasteiger partial charge >= 0.3 is 0 Å². The molecule has 0 saturated carbocycles. The minimum atomic E-state index is -0.435. The van der Waals surface area contributed by atoms with Gasteiger partial charge < -0.3 is 24.1 Å². The summed E-state index contributed by atoms with van der Waals surface area (Å²) in [6.45, 7) is 8.67. The zero-order valence-electron chi connectivity index (χ0n) is 15.7. The van der Waals surface area contributed by atoms with Gasteiger partial charge in [0.05, 0.1) is 19.8 Å². The quantitative estimate of drug-likeness (QED) is 0.638. The fourth-order valence-corrected chi connectivity index (χ4v) is 2.92. The third kappa shape index (κ3) is 6.17. The summed E-state index contributed by atoms with van der Waals surface area (Å²) in [5, 5.41) is 9.79. The van der Waals surface area contributed by atoms with Crippen LogP contribution in [0.25, 0.3) is 0 Å². The van der Waals surface area contributed by atoms with Gasteiger partial charge in [0, 0.05) is 12.2 Å². The SMILES string of the molecule is CCCCC(CC)COCC1COC(c2ccc(O)c(OCC)c2)O1. The first-order valence-electron chi connectivity index (χ1n) is 9.48. The lowest BCUT2D eigenvalue weighted by Crippen LogP contribution is -2.20. The second-order valence-electron chi connectivity index (χ2n) is 6.54. The Morgan fingerprint density at radius 3 is 2.84 bits per heavy atom. The van der Waals surface area contributed by atoms with Gasteiger partial charge in [0.25, 0.3) is 0 Å². The zero-order valence-corrected chi connectivity index (χ0v) is 15.7. The molecule has 1 aliphatic heterocycles. The summed E-state index contributed by atoms with van der Waals surface area (Å²) < 4.78 is 22.9. The maximum atomic E-state index is 9.79. The van der Waals surface area contributed by atoms with Crippen molar-refractivity contribution in [3.8, 4) is 11.5 Å². The monoisotopic (exact) mass is 352 g/mol. The summed E-state index contributed by atoms with van der Waals surface area (Å²) >= 11 is 0. The van der Waals surface area contributed by atoms with Gasteiger partial charge in [-0.1, -0.05) is 39.2 Å². The van der Waals surface area contributed by atoms with Gasteiger partial charge in [-0.3, -0.25) is 0 Å². The van der Waals surface area contributed by atoms with E-state index in [2.05, 4.69) is 13.8 Å². The van der Waals surface area contributed by atoms with E-state index in [-0.39, 0.29) is 11.9 Å². The van der Waals surface area contributed by atoms with E-state index in [0.29, 0.717) is 31.5 Å². The van der Waals surface area contributed by atoms with Crippen molar-refractivity contribution in [2.45, 2.75) is 58.8 Å². The minimum Gasteiger partial charge on any atom is -0.504 e. The van der Waals surface area contributed by atoms with Gasteiger partial charge in [-0.2, -0.15) is 0 Å². The van der Waals surface area contributed by atoms with E-state index in [1.165, 1.54) is 19.3 Å². The first-order chi connectivity index (χ1) is 12.2. The molecule has 1 aromatic rings. The highest BCUT2D eigenvalue weighted by atomic mass is 16.7. The molecule has 5 heteroatoms. The number of phenols is 1. The number of rotatable bonds is 11. The molecule has 0 amide bonds. The number of unbranched alkanes of at least 4 members (excludes halogenated alkanes) is 1. The standard InChI is InChI=1S/C20H32O5/c1-4-7-8-15(5-2)12-22-13-17-14-24-20(25-17)16-9-10-18(21)19(11-16)23-6-3/h9-11,15,17,20-21H,4-8,12-14H2,1-3H3. The highest BCUT2D eigenvalue weighted by Gasteiger charge is 2.28. The average molecular weight is 352 g/mol. The third-order valence-electron chi connectivity index (χ3n) is 4.51. The zero-order chi connectivity index (χ0) is 18.1. The van der Waals surface area contributed by atoms with Crippen molar-refractivity contribution in [1.29, 1.82) is 0 Å². The maximum Gasteiger partial charge on any atom is 0.184 e. The van der Waals surface area contributed by atoms with Crippen LogP contribution in [0.2, 0.25) is 0 Å². The van der Waals surface area contributed by atoms with Crippen LogP contribution in [0.5, 0.6) is 11.5 Å². The Labute approximate surface area is 151 Å². The lowest BCUT2D eigenvalue weighted by molar-refractivity contribution is -0.0759. The summed E-state index contributed by atoms with van der Waals surface area (Å²) in [6.07, 6.45) is 4.38. The molecule has 1 N–H and O–H groups in total. The first-order valence-corrected chi connectivity index (χ1v) is 9.48. The molecule has 0 bridgehead atoms. The van der Waals surface area contributed by atoms with Crippen molar-refractivity contribution in [3.63, 3.8) is 0 Å². The minimum absolute atomic E-state index is 0.0574. The molecule has 142 valence electrons. The van der Waals surface area contributed by atoms with Gasteiger partial charge in [0.15, 0.2) is 17.8 Å². The summed E-state index contributed by atoms with van der Waals surface area (Å²) in [4.78, 5) is 0. The molecule has 1 fully saturated rings. The summed E-state index contributed by atoms with van der Waals surface area (Å²) in [6, 6.07) is 5.17. The Morgan fingerprint density at radius 1 is 1.28 bits per heavy atom. The molecule has 1 heterocycles. The predicted molar refractivity (Wildman–Crippen MR) is 97.0 cm³/mol. The molecule has 5 nitrogen and oxygen atoms in total. The van der Waals surface area contributed by atoms with E-state index in [1.807, 2.05) is 6.92 Å². The summed E-state index contributed by atoms with van der Waals surface area (Å²) in [5.41, 5.74) is 0.845. The summed E-state index contributed by atoms with van der Waals surface area (Å²) in [7, 11) is 0. The molecule has 0 spiro atoms. The fourth-order valence-electron chi connectivity index (χ4n) is 2.92. The Bertz CT molecular complexity index is 505. The Balaban J connectivity index is 1.78. The number of benzene rings is 1. The van der Waals surface area contributed by atoms with Crippen molar-refractivity contribution in [2.24, 2.45) is 5.92 Å². The maximum absolute atomic E-state index is 9.79. The average Bonchev–Trinajstić information content (AvgIpc) is 3.09. The molecule has 0 radical (unpaired) electrons. The van der Waals surface area contributed by atoms with Gasteiger partial charge in [-0.05, 0) is 31.4 Å². The van der Waals surface area contributed by atoms with Crippen LogP contribution in [0.3, 0.4) is 0 Å². The smallest absolute Gasteiger partial charge is 0.184 e. The van der Waals surface area contributed by atoms with Crippen LogP contribution in [-0.2, 0) is 14.2 Å². The van der Waals surface area contributed by atoms with Gasteiger partial charge in [-0.25, -0.2) is 0 Å². The van der Waals surface area contributed by atoms with E-state index in [0.717, 1.165) is 18.6 Å². The molecular weight excluding hydrogens is 320 g/mol. The number of ether oxygens (including phenoxy) is 4. The highest BCUT2D eigenvalue weighted by Crippen LogP contribution is 2.33. The lowest BCUT2D eigenvalue weighted by Gasteiger charge is -2.17. The second kappa shape index (κ2) is 10.6. The molecule has 3 atom stereocenters. The predicted octanol–water partition coefficient (Wildman–Crippen LogP) is 4.44. The highest BCUT2D eigenvalue weighted by molar-refractivity contribution is 5.42. The Morgan fingerprint density at radius 2 is 2.12 bits per heavy atom. The largest absolute Gasteiger partial charge is 0.504 e. The van der Waals surface area contributed by atoms with Crippen LogP contribution in [0.1, 0.15) is 58.3 Å². The topological polar surface area (TPSA) is 57.2 Å². The molecule has 1 saturated heterocycles. The Kier molecular flexibility index (Phi) is 8.52. The second-order valence-corrected chi connectivity index (χ2v) is 6.54. The lowest BCUT2D eigenvalue weighted by atomic mass is 10.0. The van der Waals surface area contributed by atoms with Crippen molar-refractivity contribution in [3.05, 3.63) is 23.8 Å². The van der Waals surface area contributed by atoms with Crippen molar-refractivity contribution >= 4 is 0 Å². The van der Waals surface area contributed by atoms with Crippen LogP contribution < -0.4 is 4.74 Å². The van der Waals surface area contributed by atoms with E-state index >= 15 is 0 Å². The van der Waals surface area contributed by atoms with Crippen molar-refractivity contribution in [2.75, 3.05) is 26.4 Å². The fraction of sp³-hybridized carbons (Fsp3) is 0.700. The van der Waals surface area contributed by atoms with Crippen LogP contribution in [0.4, 0.5) is 0 Å². The number of hydrogen-bond donors (Lipinski definition) is 1.